The van der Waals surface area contributed by atoms with E-state index < -0.39 is 6.03 Å². The minimum atomic E-state index is -0.717. The number of hydrazone groups is 1. The van der Waals surface area contributed by atoms with Gasteiger partial charge in [0.2, 0.25) is 0 Å². The van der Waals surface area contributed by atoms with Gasteiger partial charge in [-0.1, -0.05) is 6.92 Å². The molecule has 2 amide bonds. The average molecular weight is 344 g/mol. The zero-order valence-corrected chi connectivity index (χ0v) is 13.1. The molecule has 0 saturated heterocycles. The second kappa shape index (κ2) is 8.42. The molecule has 1 aromatic carbocycles. The molecule has 0 heterocycles. The van der Waals surface area contributed by atoms with Gasteiger partial charge in [-0.25, -0.2) is 10.2 Å². The highest BCUT2D eigenvalue weighted by Crippen LogP contribution is 2.33. The number of hydrogen-bond donors (Lipinski definition) is 2. The maximum absolute atomic E-state index is 10.6. The number of nitrogens with two attached hydrogens (primary N) is 1. The minimum Gasteiger partial charge on any atom is -0.490 e. The van der Waals surface area contributed by atoms with E-state index in [0.717, 1.165) is 16.5 Å². The second-order valence-corrected chi connectivity index (χ2v) is 4.69. The number of benzene rings is 1. The Balaban J connectivity index is 2.99. The van der Waals surface area contributed by atoms with Crippen molar-refractivity contribution in [3.8, 4) is 11.5 Å². The first kappa shape index (κ1) is 16.3. The summed E-state index contributed by atoms with van der Waals surface area (Å²) in [5, 5.41) is 3.72. The van der Waals surface area contributed by atoms with Crippen LogP contribution in [0, 0.1) is 0 Å². The van der Waals surface area contributed by atoms with Gasteiger partial charge in [0.25, 0.3) is 0 Å². The normalized spacial score (nSPS) is 10.6. The lowest BCUT2D eigenvalue weighted by Crippen LogP contribution is -2.24. The topological polar surface area (TPSA) is 85.9 Å². The van der Waals surface area contributed by atoms with E-state index >= 15 is 0 Å². The van der Waals surface area contributed by atoms with E-state index in [-0.39, 0.29) is 0 Å². The Hall–Kier alpha value is -1.76. The number of urea groups is 1. The highest BCUT2D eigenvalue weighted by molar-refractivity contribution is 9.10. The van der Waals surface area contributed by atoms with Gasteiger partial charge in [0.15, 0.2) is 11.5 Å². The number of halogens is 1. The minimum absolute atomic E-state index is 0.528. The van der Waals surface area contributed by atoms with Crippen LogP contribution in [0.5, 0.6) is 11.5 Å². The van der Waals surface area contributed by atoms with Crippen molar-refractivity contribution in [3.05, 3.63) is 22.2 Å². The molecule has 110 valence electrons. The highest BCUT2D eigenvalue weighted by Gasteiger charge is 2.09. The van der Waals surface area contributed by atoms with Crippen molar-refractivity contribution in [3.63, 3.8) is 0 Å². The summed E-state index contributed by atoms with van der Waals surface area (Å²) in [6.45, 7) is 5.07. The van der Waals surface area contributed by atoms with Crippen molar-refractivity contribution in [1.29, 1.82) is 0 Å². The molecular formula is C13H18BrN3O3. The van der Waals surface area contributed by atoms with Gasteiger partial charge in [0, 0.05) is 10.0 Å². The number of primary amides is 1. The second-order valence-electron chi connectivity index (χ2n) is 3.84. The Morgan fingerprint density at radius 1 is 1.40 bits per heavy atom. The van der Waals surface area contributed by atoms with Crippen LogP contribution in [-0.2, 0) is 0 Å². The standard InChI is InChI=1S/C13H18BrN3O3/c1-3-5-20-12-7-10(14)9(6-11(12)19-4-2)8-16-17-13(15)18/h6-8H,3-5H2,1-2H3,(H3,15,17,18). The molecule has 0 bridgehead atoms. The Labute approximate surface area is 126 Å². The Morgan fingerprint density at radius 2 is 2.10 bits per heavy atom. The average Bonchev–Trinajstić information content (AvgIpc) is 2.40. The van der Waals surface area contributed by atoms with E-state index in [0.29, 0.717) is 24.7 Å². The number of nitrogens with one attached hydrogen (secondary N) is 1. The van der Waals surface area contributed by atoms with Crippen LogP contribution in [0.15, 0.2) is 21.7 Å². The number of nitrogens with zero attached hydrogens (tertiary/aromatic N) is 1. The van der Waals surface area contributed by atoms with Crippen LogP contribution in [0.1, 0.15) is 25.8 Å². The zero-order valence-electron chi connectivity index (χ0n) is 11.5. The molecule has 0 aliphatic carbocycles. The smallest absolute Gasteiger partial charge is 0.332 e. The Morgan fingerprint density at radius 3 is 2.70 bits per heavy atom. The van der Waals surface area contributed by atoms with Gasteiger partial charge in [-0.05, 0) is 41.4 Å². The van der Waals surface area contributed by atoms with Crippen LogP contribution < -0.4 is 20.6 Å². The first-order valence-corrected chi connectivity index (χ1v) is 7.05. The van der Waals surface area contributed by atoms with Gasteiger partial charge >= 0.3 is 6.03 Å². The van der Waals surface area contributed by atoms with E-state index in [9.17, 15) is 4.79 Å². The highest BCUT2D eigenvalue weighted by atomic mass is 79.9. The molecule has 7 heteroatoms. The maximum Gasteiger partial charge on any atom is 0.332 e. The Kier molecular flexibility index (Phi) is 6.86. The summed E-state index contributed by atoms with van der Waals surface area (Å²) >= 11 is 3.42. The number of hydrogen-bond acceptors (Lipinski definition) is 4. The molecule has 0 spiro atoms. The summed E-state index contributed by atoms with van der Waals surface area (Å²) in [5.41, 5.74) is 7.81. The molecule has 1 aromatic rings. The zero-order chi connectivity index (χ0) is 15.0. The lowest BCUT2D eigenvalue weighted by Gasteiger charge is -2.13. The summed E-state index contributed by atoms with van der Waals surface area (Å²) in [6.07, 6.45) is 2.38. The molecule has 0 atom stereocenters. The number of rotatable bonds is 7. The third-order valence-electron chi connectivity index (χ3n) is 2.20. The van der Waals surface area contributed by atoms with Gasteiger partial charge in [-0.2, -0.15) is 5.10 Å². The quantitative estimate of drug-likeness (QED) is 0.589. The number of carbonyl (C=O) groups is 1. The van der Waals surface area contributed by atoms with Crippen molar-refractivity contribution in [2.45, 2.75) is 20.3 Å². The van der Waals surface area contributed by atoms with Gasteiger partial charge < -0.3 is 15.2 Å². The Bertz CT molecular complexity index is 492. The molecule has 0 aliphatic rings. The molecule has 0 saturated carbocycles. The lowest BCUT2D eigenvalue weighted by atomic mass is 10.2. The molecule has 20 heavy (non-hydrogen) atoms. The summed E-state index contributed by atoms with van der Waals surface area (Å²) in [5.74, 6) is 1.30. The fourth-order valence-electron chi connectivity index (χ4n) is 1.41. The summed E-state index contributed by atoms with van der Waals surface area (Å²) < 4.78 is 11.9. The van der Waals surface area contributed by atoms with Crippen molar-refractivity contribution >= 4 is 28.2 Å². The molecular weight excluding hydrogens is 326 g/mol. The predicted octanol–water partition coefficient (Wildman–Crippen LogP) is 2.64. The SMILES string of the molecule is CCCOc1cc(Br)c(C=NNC(N)=O)cc1OCC. The fraction of sp³-hybridized carbons (Fsp3) is 0.385. The van der Waals surface area contributed by atoms with Crippen LogP contribution in [0.2, 0.25) is 0 Å². The third-order valence-corrected chi connectivity index (χ3v) is 2.89. The summed E-state index contributed by atoms with van der Waals surface area (Å²) in [7, 11) is 0. The van der Waals surface area contributed by atoms with E-state index in [1.165, 1.54) is 6.21 Å². The van der Waals surface area contributed by atoms with E-state index in [4.69, 9.17) is 15.2 Å². The summed E-state index contributed by atoms with van der Waals surface area (Å²) in [6, 6.07) is 2.88. The molecule has 0 fully saturated rings. The first-order valence-electron chi connectivity index (χ1n) is 6.26. The third kappa shape index (κ3) is 5.08. The maximum atomic E-state index is 10.6. The monoisotopic (exact) mass is 343 g/mol. The summed E-state index contributed by atoms with van der Waals surface area (Å²) in [4.78, 5) is 10.6. The molecule has 3 N–H and O–H groups in total. The van der Waals surface area contributed by atoms with Crippen molar-refractivity contribution in [2.75, 3.05) is 13.2 Å². The molecule has 6 nitrogen and oxygen atoms in total. The fourth-order valence-corrected chi connectivity index (χ4v) is 1.83. The van der Waals surface area contributed by atoms with Crippen molar-refractivity contribution < 1.29 is 14.3 Å². The lowest BCUT2D eigenvalue weighted by molar-refractivity contribution is 0.249. The van der Waals surface area contributed by atoms with Crippen LogP contribution in [0.3, 0.4) is 0 Å². The number of ether oxygens (including phenoxy) is 2. The molecule has 1 rings (SSSR count). The molecule has 0 unspecified atom stereocenters. The van der Waals surface area contributed by atoms with E-state index in [2.05, 4.69) is 26.5 Å². The van der Waals surface area contributed by atoms with E-state index in [1.807, 2.05) is 19.9 Å². The number of amides is 2. The van der Waals surface area contributed by atoms with E-state index in [1.54, 1.807) is 6.07 Å². The number of carbonyl (C=O) groups excluding carboxylic acids is 1. The van der Waals surface area contributed by atoms with Crippen molar-refractivity contribution in [2.24, 2.45) is 10.8 Å². The molecule has 0 radical (unpaired) electrons. The predicted molar refractivity (Wildman–Crippen MR) is 81.4 cm³/mol. The molecule has 0 aromatic heterocycles. The van der Waals surface area contributed by atoms with Crippen LogP contribution in [0.25, 0.3) is 0 Å². The van der Waals surface area contributed by atoms with Crippen LogP contribution in [0.4, 0.5) is 4.79 Å². The van der Waals surface area contributed by atoms with Crippen LogP contribution in [-0.4, -0.2) is 25.5 Å². The largest absolute Gasteiger partial charge is 0.490 e. The van der Waals surface area contributed by atoms with Gasteiger partial charge in [-0.3, -0.25) is 0 Å². The first-order chi connectivity index (χ1) is 9.58. The van der Waals surface area contributed by atoms with Crippen molar-refractivity contribution in [1.82, 2.24) is 5.43 Å². The van der Waals surface area contributed by atoms with Crippen LogP contribution >= 0.6 is 15.9 Å². The van der Waals surface area contributed by atoms with Gasteiger partial charge in [0.05, 0.1) is 19.4 Å². The molecule has 0 aliphatic heterocycles. The van der Waals surface area contributed by atoms with Gasteiger partial charge in [-0.15, -0.1) is 0 Å². The van der Waals surface area contributed by atoms with Gasteiger partial charge in [0.1, 0.15) is 0 Å².